The molecule has 2 heterocycles. The number of ether oxygens (including phenoxy) is 1. The second-order valence-corrected chi connectivity index (χ2v) is 7.10. The van der Waals surface area contributed by atoms with E-state index < -0.39 is 0 Å². The molecule has 1 N–H and O–H groups in total. The van der Waals surface area contributed by atoms with Crippen LogP contribution < -0.4 is 15.0 Å². The molecule has 0 aliphatic carbocycles. The number of nitrogens with one attached hydrogen (secondary N) is 1. The first-order valence-electron chi connectivity index (χ1n) is 9.28. The van der Waals surface area contributed by atoms with Gasteiger partial charge < -0.3 is 19.4 Å². The Morgan fingerprint density at radius 2 is 1.90 bits per heavy atom. The lowest BCUT2D eigenvalue weighted by molar-refractivity contribution is -0.120. The number of amides is 2. The predicted molar refractivity (Wildman–Crippen MR) is 112 cm³/mol. The van der Waals surface area contributed by atoms with Crippen LogP contribution in [0.2, 0.25) is 0 Å². The van der Waals surface area contributed by atoms with Crippen LogP contribution in [0.15, 0.2) is 59.0 Å². The van der Waals surface area contributed by atoms with E-state index in [-0.39, 0.29) is 24.2 Å². The van der Waals surface area contributed by atoms with Gasteiger partial charge in [0.2, 0.25) is 0 Å². The lowest BCUT2D eigenvalue weighted by Gasteiger charge is -2.26. The van der Waals surface area contributed by atoms with Gasteiger partial charge in [-0.15, -0.1) is 0 Å². The molecule has 4 aromatic rings. The maximum atomic E-state index is 12.9. The van der Waals surface area contributed by atoms with Crippen LogP contribution in [0.3, 0.4) is 0 Å². The van der Waals surface area contributed by atoms with Crippen LogP contribution in [-0.2, 0) is 4.79 Å². The minimum atomic E-state index is -0.339. The Hall–Kier alpha value is -3.80. The van der Waals surface area contributed by atoms with Gasteiger partial charge in [-0.25, -0.2) is 0 Å². The van der Waals surface area contributed by atoms with Crippen LogP contribution >= 0.6 is 0 Å². The zero-order valence-electron chi connectivity index (χ0n) is 16.0. The number of carbonyl (C=O) groups is 2. The highest BCUT2D eigenvalue weighted by Crippen LogP contribution is 2.35. The van der Waals surface area contributed by atoms with E-state index in [4.69, 9.17) is 9.15 Å². The van der Waals surface area contributed by atoms with E-state index >= 15 is 0 Å². The summed E-state index contributed by atoms with van der Waals surface area (Å²) in [6.07, 6.45) is 0. The summed E-state index contributed by atoms with van der Waals surface area (Å²) in [7, 11) is 1.68. The van der Waals surface area contributed by atoms with Gasteiger partial charge in [0.1, 0.15) is 11.3 Å². The van der Waals surface area contributed by atoms with E-state index in [1.165, 1.54) is 4.90 Å². The molecule has 3 aromatic carbocycles. The number of nitrogens with zero attached hydrogens (tertiary/aromatic N) is 1. The first-order valence-corrected chi connectivity index (χ1v) is 9.28. The summed E-state index contributed by atoms with van der Waals surface area (Å²) < 4.78 is 11.4. The van der Waals surface area contributed by atoms with Crippen LogP contribution in [0.25, 0.3) is 21.7 Å². The Bertz CT molecular complexity index is 1310. The Morgan fingerprint density at radius 1 is 1.07 bits per heavy atom. The van der Waals surface area contributed by atoms with Crippen LogP contribution in [-0.4, -0.2) is 25.5 Å². The lowest BCUT2D eigenvalue weighted by Crippen LogP contribution is -2.35. The van der Waals surface area contributed by atoms with Crippen molar-refractivity contribution in [1.29, 1.82) is 0 Å². The van der Waals surface area contributed by atoms with Crippen molar-refractivity contribution in [3.8, 4) is 5.75 Å². The summed E-state index contributed by atoms with van der Waals surface area (Å²) >= 11 is 0. The normalized spacial score (nSPS) is 13.4. The van der Waals surface area contributed by atoms with Crippen molar-refractivity contribution in [3.63, 3.8) is 0 Å². The number of benzene rings is 3. The van der Waals surface area contributed by atoms with Gasteiger partial charge in [-0.05, 0) is 30.5 Å². The monoisotopic (exact) mass is 386 g/mol. The highest BCUT2D eigenvalue weighted by Gasteiger charge is 2.24. The minimum absolute atomic E-state index is 0.0152. The van der Waals surface area contributed by atoms with Gasteiger partial charge in [0, 0.05) is 29.1 Å². The number of anilines is 2. The molecular weight excluding hydrogens is 368 g/mol. The number of hydrogen-bond acceptors (Lipinski definition) is 4. The van der Waals surface area contributed by atoms with E-state index in [2.05, 4.69) is 5.32 Å². The fourth-order valence-electron chi connectivity index (χ4n) is 3.70. The number of hydrogen-bond donors (Lipinski definition) is 1. The zero-order chi connectivity index (χ0) is 20.1. The highest BCUT2D eigenvalue weighted by molar-refractivity contribution is 6.11. The SMILES string of the molecule is Cc1c(C(=O)Nc2ccc3c(c2)N(C)C(=O)CO3)oc2c1ccc1ccccc12. The molecule has 0 atom stereocenters. The number of rotatable bonds is 2. The molecule has 1 aliphatic heterocycles. The quantitative estimate of drug-likeness (QED) is 0.551. The van der Waals surface area contributed by atoms with Gasteiger partial charge in [0.25, 0.3) is 11.8 Å². The molecule has 6 nitrogen and oxygen atoms in total. The smallest absolute Gasteiger partial charge is 0.291 e. The largest absolute Gasteiger partial charge is 0.482 e. The van der Waals surface area contributed by atoms with Crippen molar-refractivity contribution in [3.05, 3.63) is 65.9 Å². The summed E-state index contributed by atoms with van der Waals surface area (Å²) in [4.78, 5) is 26.3. The topological polar surface area (TPSA) is 71.8 Å². The molecule has 0 bridgehead atoms. The van der Waals surface area contributed by atoms with Gasteiger partial charge >= 0.3 is 0 Å². The molecule has 2 amide bonds. The first-order chi connectivity index (χ1) is 14.0. The van der Waals surface area contributed by atoms with E-state index in [1.54, 1.807) is 25.2 Å². The number of fused-ring (bicyclic) bond motifs is 4. The van der Waals surface area contributed by atoms with E-state index in [0.717, 1.165) is 21.7 Å². The Labute approximate surface area is 166 Å². The standard InChI is InChI=1S/C23H18N2O4/c1-13-16-9-7-14-5-3-4-6-17(14)22(16)29-21(13)23(27)24-15-8-10-19-18(11-15)25(2)20(26)12-28-19/h3-11H,12H2,1-2H3,(H,24,27). The van der Waals surface area contributed by atoms with Gasteiger partial charge in [0.05, 0.1) is 5.69 Å². The third-order valence-electron chi connectivity index (χ3n) is 5.34. The molecule has 144 valence electrons. The molecule has 1 aliphatic rings. The fraction of sp³-hybridized carbons (Fsp3) is 0.130. The molecular formula is C23H18N2O4. The van der Waals surface area contributed by atoms with Crippen molar-refractivity contribution in [2.75, 3.05) is 23.9 Å². The Morgan fingerprint density at radius 3 is 2.76 bits per heavy atom. The highest BCUT2D eigenvalue weighted by atomic mass is 16.5. The predicted octanol–water partition coefficient (Wildman–Crippen LogP) is 4.50. The minimum Gasteiger partial charge on any atom is -0.482 e. The second kappa shape index (κ2) is 6.38. The Kier molecular flexibility index (Phi) is 3.81. The van der Waals surface area contributed by atoms with Gasteiger partial charge in [0.15, 0.2) is 12.4 Å². The number of aryl methyl sites for hydroxylation is 1. The van der Waals surface area contributed by atoms with Crippen LogP contribution in [0.5, 0.6) is 5.75 Å². The maximum absolute atomic E-state index is 12.9. The van der Waals surface area contributed by atoms with Gasteiger partial charge in [-0.2, -0.15) is 0 Å². The molecule has 0 radical (unpaired) electrons. The molecule has 0 saturated carbocycles. The van der Waals surface area contributed by atoms with Crippen molar-refractivity contribution in [2.24, 2.45) is 0 Å². The average Bonchev–Trinajstić information content (AvgIpc) is 3.08. The van der Waals surface area contributed by atoms with Crippen molar-refractivity contribution in [1.82, 2.24) is 0 Å². The summed E-state index contributed by atoms with van der Waals surface area (Å²) in [6.45, 7) is 1.89. The van der Waals surface area contributed by atoms with Crippen LogP contribution in [0.1, 0.15) is 16.1 Å². The maximum Gasteiger partial charge on any atom is 0.291 e. The Balaban J connectivity index is 1.52. The second-order valence-electron chi connectivity index (χ2n) is 7.10. The zero-order valence-corrected chi connectivity index (χ0v) is 16.0. The third kappa shape index (κ3) is 2.72. The van der Waals surface area contributed by atoms with Crippen molar-refractivity contribution in [2.45, 2.75) is 6.92 Å². The molecule has 0 fully saturated rings. The summed E-state index contributed by atoms with van der Waals surface area (Å²) in [5.41, 5.74) is 2.67. The average molecular weight is 386 g/mol. The molecule has 29 heavy (non-hydrogen) atoms. The van der Waals surface area contributed by atoms with E-state index in [9.17, 15) is 9.59 Å². The number of carbonyl (C=O) groups excluding carboxylic acids is 2. The third-order valence-corrected chi connectivity index (χ3v) is 5.34. The van der Waals surface area contributed by atoms with Crippen LogP contribution in [0, 0.1) is 6.92 Å². The lowest BCUT2D eigenvalue weighted by atomic mass is 10.1. The van der Waals surface area contributed by atoms with Crippen LogP contribution in [0.4, 0.5) is 11.4 Å². The molecule has 0 saturated heterocycles. The van der Waals surface area contributed by atoms with E-state index in [1.807, 2.05) is 43.3 Å². The molecule has 0 spiro atoms. The summed E-state index contributed by atoms with van der Waals surface area (Å²) in [5, 5.41) is 5.81. The fourth-order valence-corrected chi connectivity index (χ4v) is 3.70. The van der Waals surface area contributed by atoms with Gasteiger partial charge in [-0.3, -0.25) is 9.59 Å². The molecule has 6 heteroatoms. The molecule has 0 unspecified atom stereocenters. The first kappa shape index (κ1) is 17.3. The van der Waals surface area contributed by atoms with Gasteiger partial charge in [-0.1, -0.05) is 36.4 Å². The van der Waals surface area contributed by atoms with E-state index in [0.29, 0.717) is 22.7 Å². The van der Waals surface area contributed by atoms with Crippen molar-refractivity contribution < 1.29 is 18.7 Å². The number of likely N-dealkylation sites (N-methyl/N-ethyl adjacent to an activating group) is 1. The molecule has 1 aromatic heterocycles. The molecule has 5 rings (SSSR count). The summed E-state index contributed by atoms with van der Waals surface area (Å²) in [6, 6.07) is 17.1. The summed E-state index contributed by atoms with van der Waals surface area (Å²) in [5.74, 6) is 0.403. The number of furan rings is 1. The van der Waals surface area contributed by atoms with Crippen molar-refractivity contribution >= 4 is 44.9 Å².